The Morgan fingerprint density at radius 3 is 2.25 bits per heavy atom. The van der Waals surface area contributed by atoms with E-state index >= 15 is 0 Å². The highest BCUT2D eigenvalue weighted by Gasteiger charge is 2.32. The van der Waals surface area contributed by atoms with Gasteiger partial charge in [0.25, 0.3) is 11.8 Å². The summed E-state index contributed by atoms with van der Waals surface area (Å²) in [4.78, 5) is 36.9. The minimum absolute atomic E-state index is 0.286. The molecule has 4 N–H and O–H groups in total. The molecule has 1 aromatic carbocycles. The Morgan fingerprint density at radius 1 is 1.18 bits per heavy atom. The number of benzene rings is 1. The highest BCUT2D eigenvalue weighted by molar-refractivity contribution is 5.97. The molecule has 0 bridgehead atoms. The van der Waals surface area contributed by atoms with Crippen molar-refractivity contribution in [2.45, 2.75) is 52.1 Å². The normalized spacial score (nSPS) is 11.6. The Labute approximate surface area is 164 Å². The van der Waals surface area contributed by atoms with Crippen molar-refractivity contribution in [3.63, 3.8) is 0 Å². The Kier molecular flexibility index (Phi) is 8.48. The standard InChI is InChI=1S/C20H27N3O5/c1-5-6-7-8-14-9-11-15(12-10-14)17(24)21-16(18(25)22-28)13-23(19(26)27)20(2,3)4/h9-12,16,28H,5-6,13H2,1-4H3,(H,21,24)(H,22,25)(H,26,27)/t16-/m0/s1. The summed E-state index contributed by atoms with van der Waals surface area (Å²) in [6.45, 7) is 6.70. The molecule has 0 aliphatic rings. The number of rotatable bonds is 6. The third-order valence-corrected chi connectivity index (χ3v) is 3.89. The fourth-order valence-electron chi connectivity index (χ4n) is 2.33. The van der Waals surface area contributed by atoms with Crippen molar-refractivity contribution >= 4 is 17.9 Å². The van der Waals surface area contributed by atoms with Crippen molar-refractivity contribution < 1.29 is 24.7 Å². The summed E-state index contributed by atoms with van der Waals surface area (Å²) in [7, 11) is 0. The van der Waals surface area contributed by atoms with Crippen molar-refractivity contribution in [1.29, 1.82) is 0 Å². The summed E-state index contributed by atoms with van der Waals surface area (Å²) in [5, 5.41) is 20.8. The van der Waals surface area contributed by atoms with Gasteiger partial charge in [-0.15, -0.1) is 0 Å². The maximum atomic E-state index is 12.5. The third-order valence-electron chi connectivity index (χ3n) is 3.89. The molecule has 8 heteroatoms. The maximum Gasteiger partial charge on any atom is 0.407 e. The number of carbonyl (C=O) groups is 3. The molecular weight excluding hydrogens is 362 g/mol. The van der Waals surface area contributed by atoms with E-state index in [0.29, 0.717) is 0 Å². The van der Waals surface area contributed by atoms with Gasteiger partial charge in [0.2, 0.25) is 0 Å². The SMILES string of the molecule is CCCC#Cc1ccc(C(=O)N[C@@H](CN(C(=O)O)C(C)(C)C)C(=O)NO)cc1. The van der Waals surface area contributed by atoms with Crippen LogP contribution >= 0.6 is 0 Å². The van der Waals surface area contributed by atoms with Gasteiger partial charge in [-0.05, 0) is 51.5 Å². The van der Waals surface area contributed by atoms with Gasteiger partial charge in [-0.25, -0.2) is 10.3 Å². The quantitative estimate of drug-likeness (QED) is 0.338. The minimum atomic E-state index is -1.27. The zero-order valence-corrected chi connectivity index (χ0v) is 16.6. The Bertz CT molecular complexity index is 757. The van der Waals surface area contributed by atoms with Gasteiger partial charge in [0.05, 0.1) is 6.54 Å². The van der Waals surface area contributed by atoms with Crippen LogP contribution < -0.4 is 10.8 Å². The molecule has 0 aliphatic carbocycles. The predicted molar refractivity (Wildman–Crippen MR) is 104 cm³/mol. The predicted octanol–water partition coefficient (Wildman–Crippen LogP) is 2.22. The monoisotopic (exact) mass is 389 g/mol. The average molecular weight is 389 g/mol. The van der Waals surface area contributed by atoms with E-state index in [1.807, 2.05) is 6.92 Å². The van der Waals surface area contributed by atoms with Crippen molar-refractivity contribution in [1.82, 2.24) is 15.7 Å². The second-order valence-electron chi connectivity index (χ2n) is 7.20. The number of carbonyl (C=O) groups excluding carboxylic acids is 2. The lowest BCUT2D eigenvalue weighted by atomic mass is 10.0. The van der Waals surface area contributed by atoms with Crippen molar-refractivity contribution in [3.05, 3.63) is 35.4 Å². The van der Waals surface area contributed by atoms with Crippen molar-refractivity contribution in [2.24, 2.45) is 0 Å². The fourth-order valence-corrected chi connectivity index (χ4v) is 2.33. The summed E-state index contributed by atoms with van der Waals surface area (Å²) < 4.78 is 0. The van der Waals surface area contributed by atoms with Gasteiger partial charge in [0.1, 0.15) is 6.04 Å². The fraction of sp³-hybridized carbons (Fsp3) is 0.450. The van der Waals surface area contributed by atoms with Gasteiger partial charge in [0, 0.05) is 23.1 Å². The number of nitrogens with zero attached hydrogens (tertiary/aromatic N) is 1. The summed E-state index contributed by atoms with van der Waals surface area (Å²) in [6, 6.07) is 5.25. The smallest absolute Gasteiger partial charge is 0.407 e. The molecule has 28 heavy (non-hydrogen) atoms. The zero-order valence-electron chi connectivity index (χ0n) is 16.6. The molecule has 1 aromatic rings. The number of amides is 3. The van der Waals surface area contributed by atoms with Gasteiger partial charge in [-0.2, -0.15) is 0 Å². The molecule has 152 valence electrons. The molecule has 1 rings (SSSR count). The number of unbranched alkanes of at least 4 members (excludes halogenated alkanes) is 1. The van der Waals surface area contributed by atoms with E-state index in [4.69, 9.17) is 5.21 Å². The van der Waals surface area contributed by atoms with E-state index in [1.54, 1.807) is 45.0 Å². The van der Waals surface area contributed by atoms with E-state index in [9.17, 15) is 19.5 Å². The highest BCUT2D eigenvalue weighted by Crippen LogP contribution is 2.14. The maximum absolute atomic E-state index is 12.5. The molecular formula is C20H27N3O5. The molecule has 0 heterocycles. The molecule has 0 aliphatic heterocycles. The molecule has 0 unspecified atom stereocenters. The first kappa shape index (κ1) is 23.0. The summed E-state index contributed by atoms with van der Waals surface area (Å²) in [6.07, 6.45) is 0.505. The van der Waals surface area contributed by atoms with E-state index in [2.05, 4.69) is 17.2 Å². The average Bonchev–Trinajstić information content (AvgIpc) is 2.63. The Morgan fingerprint density at radius 2 is 1.79 bits per heavy atom. The number of hydrogen-bond acceptors (Lipinski definition) is 4. The van der Waals surface area contributed by atoms with Crippen LogP contribution in [0.3, 0.4) is 0 Å². The van der Waals surface area contributed by atoms with Gasteiger partial charge in [-0.1, -0.05) is 18.8 Å². The second kappa shape index (κ2) is 10.3. The van der Waals surface area contributed by atoms with E-state index in [0.717, 1.165) is 23.3 Å². The second-order valence-corrected chi connectivity index (χ2v) is 7.20. The van der Waals surface area contributed by atoms with Gasteiger partial charge < -0.3 is 15.3 Å². The van der Waals surface area contributed by atoms with E-state index in [-0.39, 0.29) is 12.1 Å². The van der Waals surface area contributed by atoms with Crippen LogP contribution in [-0.4, -0.2) is 51.2 Å². The summed E-state index contributed by atoms with van der Waals surface area (Å²) >= 11 is 0. The first-order chi connectivity index (χ1) is 13.1. The van der Waals surface area contributed by atoms with Gasteiger partial charge in [-0.3, -0.25) is 14.8 Å². The molecule has 1 atom stereocenters. The molecule has 0 saturated carbocycles. The first-order valence-electron chi connectivity index (χ1n) is 8.94. The lowest BCUT2D eigenvalue weighted by Crippen LogP contribution is -2.57. The van der Waals surface area contributed by atoms with Crippen molar-refractivity contribution in [2.75, 3.05) is 6.54 Å². The van der Waals surface area contributed by atoms with Crippen LogP contribution in [0.15, 0.2) is 24.3 Å². The molecule has 0 radical (unpaired) electrons. The molecule has 3 amide bonds. The molecule has 0 saturated heterocycles. The largest absolute Gasteiger partial charge is 0.465 e. The third kappa shape index (κ3) is 6.93. The van der Waals surface area contributed by atoms with Crippen LogP contribution in [0.2, 0.25) is 0 Å². The Balaban J connectivity index is 2.95. The number of nitrogens with one attached hydrogen (secondary N) is 2. The zero-order chi connectivity index (χ0) is 21.3. The lowest BCUT2D eigenvalue weighted by Gasteiger charge is -2.35. The van der Waals surface area contributed by atoms with E-state index in [1.165, 1.54) is 5.48 Å². The van der Waals surface area contributed by atoms with Crippen LogP contribution in [0.5, 0.6) is 0 Å². The summed E-state index contributed by atoms with van der Waals surface area (Å²) in [5.41, 5.74) is 1.71. The topological polar surface area (TPSA) is 119 Å². The Hall–Kier alpha value is -3.05. The van der Waals surface area contributed by atoms with Crippen LogP contribution in [0.25, 0.3) is 0 Å². The highest BCUT2D eigenvalue weighted by atomic mass is 16.5. The molecule has 0 fully saturated rings. The van der Waals surface area contributed by atoms with Crippen LogP contribution in [0.1, 0.15) is 56.5 Å². The van der Waals surface area contributed by atoms with Crippen LogP contribution in [0.4, 0.5) is 4.79 Å². The molecule has 0 spiro atoms. The van der Waals surface area contributed by atoms with Crippen LogP contribution in [0, 0.1) is 11.8 Å². The van der Waals surface area contributed by atoms with Crippen LogP contribution in [-0.2, 0) is 4.79 Å². The number of hydroxylamine groups is 1. The number of carboxylic acid groups (broad SMARTS) is 1. The van der Waals surface area contributed by atoms with Crippen molar-refractivity contribution in [3.8, 4) is 11.8 Å². The summed E-state index contributed by atoms with van der Waals surface area (Å²) in [5.74, 6) is 4.51. The van der Waals surface area contributed by atoms with Gasteiger partial charge >= 0.3 is 6.09 Å². The van der Waals surface area contributed by atoms with E-state index < -0.39 is 29.5 Å². The number of hydrogen-bond donors (Lipinski definition) is 4. The minimum Gasteiger partial charge on any atom is -0.465 e. The first-order valence-corrected chi connectivity index (χ1v) is 8.94. The molecule has 0 aromatic heterocycles. The van der Waals surface area contributed by atoms with Gasteiger partial charge in [0.15, 0.2) is 0 Å². The lowest BCUT2D eigenvalue weighted by molar-refractivity contribution is -0.131. The molecule has 8 nitrogen and oxygen atoms in total.